The van der Waals surface area contributed by atoms with Gasteiger partial charge < -0.3 is 62.2 Å². The van der Waals surface area contributed by atoms with Crippen LogP contribution in [0.3, 0.4) is 0 Å². The Morgan fingerprint density at radius 2 is 1.46 bits per heavy atom. The topological polar surface area (TPSA) is 432 Å². The Kier molecular flexibility index (Phi) is 21.2. The summed E-state index contributed by atoms with van der Waals surface area (Å²) >= 11 is 0. The van der Waals surface area contributed by atoms with Gasteiger partial charge in [-0.15, -0.1) is 0 Å². The fraction of sp³-hybridized carbons (Fsp3) is 0.295. The standard InChI is InChI=1S/C23H22FN3O4S.C22H27N5O4.C17H17N7.C16H16N6O/c1-14-18(5-7-20(22(14)24)32(2,29)30)23(28)27-9-10-31-19-6-3-15(11-17(19)13-27)16-4-8-21(25)26-12-16;1-13-17-11-18(14-3-8-19(30-2)24-12-14)21(29)27(20(17)26-22(23)25-13)15-4-6-16(7-5-15)31-10-9-28;18-15-13-14(11-7-10-5-6-19-16(10)20-8-11)23-24(12-3-1-2-4-12)17(13)22-9-21-15;1-8(2)22-16-13(15(17)18-7-19-16)14(21-22)12-6-9-5-10(23)3-4-11(9)20-12/h3-8,11-12H,9-10,13H2,1-2H3,(H2,25,26);3,8,11-12,15-16,28H,4-7,9-10H2,1-2H3,(H2,23,25,26);5-9,12H,1-4H2,(H,19,20)(H2,18,21,22);3-8,20,23H,1-2H3,(H2,17,18,19). The molecule has 0 atom stereocenters. The van der Waals surface area contributed by atoms with E-state index in [0.717, 1.165) is 134 Å². The molecule has 30 nitrogen and oxygen atoms in total. The number of methoxy groups -OCH3 is 1. The summed E-state index contributed by atoms with van der Waals surface area (Å²) in [5, 5.41) is 32.5. The molecule has 2 aliphatic carbocycles. The van der Waals surface area contributed by atoms with Gasteiger partial charge in [0.1, 0.15) is 81.6 Å². The van der Waals surface area contributed by atoms with Crippen LogP contribution in [0, 0.1) is 19.7 Å². The molecule has 11 aromatic heterocycles. The first-order chi connectivity index (χ1) is 53.0. The van der Waals surface area contributed by atoms with Crippen molar-refractivity contribution in [1.29, 1.82) is 0 Å². The number of anilines is 4. The van der Waals surface area contributed by atoms with E-state index in [1.54, 1.807) is 53.2 Å². The molecule has 0 saturated heterocycles. The van der Waals surface area contributed by atoms with E-state index >= 15 is 0 Å². The van der Waals surface area contributed by atoms with Crippen LogP contribution in [0.25, 0.3) is 99.9 Å². The molecular weight excluding hydrogens is 1430 g/mol. The molecule has 0 unspecified atom stereocenters. The first-order valence-corrected chi connectivity index (χ1v) is 37.8. The fourth-order valence-electron chi connectivity index (χ4n) is 14.4. The number of halogens is 1. The molecule has 0 radical (unpaired) electrons. The number of nitrogens with two attached hydrogens (primary N) is 4. The number of hydrogen-bond donors (Lipinski definition) is 8. The Bertz CT molecular complexity index is 5950. The molecule has 12 N–H and O–H groups in total. The van der Waals surface area contributed by atoms with Crippen LogP contribution in [-0.2, 0) is 21.1 Å². The zero-order valence-electron chi connectivity index (χ0n) is 61.3. The van der Waals surface area contributed by atoms with Crippen LogP contribution < -0.4 is 38.0 Å². The van der Waals surface area contributed by atoms with Gasteiger partial charge in [-0.1, -0.05) is 18.9 Å². The van der Waals surface area contributed by atoms with Crippen LogP contribution in [0.5, 0.6) is 17.4 Å². The van der Waals surface area contributed by atoms with E-state index in [1.807, 2.05) is 97.1 Å². The van der Waals surface area contributed by atoms with Crippen LogP contribution in [-0.4, -0.2) is 154 Å². The maximum atomic E-state index is 14.7. The number of carbonyl (C=O) groups excluding carboxylic acids is 1. The summed E-state index contributed by atoms with van der Waals surface area (Å²) in [7, 11) is -2.18. The Morgan fingerprint density at radius 3 is 2.17 bits per heavy atom. The second-order valence-electron chi connectivity index (χ2n) is 27.6. The van der Waals surface area contributed by atoms with E-state index in [-0.39, 0.29) is 66.3 Å². The largest absolute Gasteiger partial charge is 0.508 e. The third-order valence-corrected chi connectivity index (χ3v) is 21.1. The number of aliphatic hydroxyl groups excluding tert-OH is 1. The maximum absolute atomic E-state index is 14.7. The molecule has 0 spiro atoms. The predicted molar refractivity (Wildman–Crippen MR) is 417 cm³/mol. The molecule has 3 aliphatic rings. The summed E-state index contributed by atoms with van der Waals surface area (Å²) < 4.78 is 60.5. The third-order valence-electron chi connectivity index (χ3n) is 20.0. The Balaban J connectivity index is 0.000000123. The number of nitrogens with zero attached hydrogens (tertiary/aromatic N) is 15. The van der Waals surface area contributed by atoms with Crippen molar-refractivity contribution >= 4 is 94.2 Å². The van der Waals surface area contributed by atoms with Crippen molar-refractivity contribution in [2.45, 2.75) is 115 Å². The lowest BCUT2D eigenvalue weighted by atomic mass is 9.92. The van der Waals surface area contributed by atoms with Crippen LogP contribution in [0.15, 0.2) is 144 Å². The van der Waals surface area contributed by atoms with Crippen LogP contribution in [0.1, 0.15) is 111 Å². The molecule has 2 saturated carbocycles. The second kappa shape index (κ2) is 31.3. The number of phenolic OH excluding ortho intramolecular Hbond substituents is 1. The summed E-state index contributed by atoms with van der Waals surface area (Å²) in [6, 6.07) is 28.8. The highest BCUT2D eigenvalue weighted by molar-refractivity contribution is 7.90. The van der Waals surface area contributed by atoms with E-state index in [2.05, 4.69) is 66.0 Å². The molecule has 14 aromatic rings. The number of nitrogen functional groups attached to an aromatic ring is 4. The summed E-state index contributed by atoms with van der Waals surface area (Å²) in [5.41, 5.74) is 35.5. The Morgan fingerprint density at radius 1 is 0.736 bits per heavy atom. The van der Waals surface area contributed by atoms with E-state index < -0.39 is 26.5 Å². The molecule has 110 heavy (non-hydrogen) atoms. The first kappa shape index (κ1) is 74.3. The number of H-pyrrole nitrogens is 2. The number of nitrogens with one attached hydrogen (secondary N) is 2. The minimum Gasteiger partial charge on any atom is -0.508 e. The van der Waals surface area contributed by atoms with Gasteiger partial charge in [-0.05, 0) is 162 Å². The van der Waals surface area contributed by atoms with Crippen LogP contribution >= 0.6 is 0 Å². The van der Waals surface area contributed by atoms with Gasteiger partial charge in [-0.2, -0.15) is 15.2 Å². The zero-order valence-corrected chi connectivity index (χ0v) is 62.1. The van der Waals surface area contributed by atoms with Crippen LogP contribution in [0.4, 0.5) is 27.8 Å². The minimum absolute atomic E-state index is 0.00464. The zero-order chi connectivity index (χ0) is 77.2. The SMILES string of the molecule is CC(C)n1nc(-c2cc3cc(O)ccc3[nH]2)c2c(N)ncnc21.COc1ccc(-c2cc3c(C)nc(N)nc3n(C3CCC(OCCO)CC3)c2=O)cn1.Cc1c(C(=O)N2CCOc3ccc(-c4ccc(N)nc4)cc3C2)ccc(S(C)(=O)=O)c1F.Nc1ncnc2c1c(-c1cnc3[nH]ccc3c1)nn2C1CCCC1. The molecule has 17 rings (SSSR count). The van der Waals surface area contributed by atoms with E-state index in [0.29, 0.717) is 76.4 Å². The van der Waals surface area contributed by atoms with Crippen molar-refractivity contribution in [1.82, 2.24) is 83.9 Å². The molecule has 0 bridgehead atoms. The number of aromatic amines is 2. The van der Waals surface area contributed by atoms with Gasteiger partial charge in [0.05, 0.1) is 61.2 Å². The number of carbonyl (C=O) groups is 1. The van der Waals surface area contributed by atoms with Crippen molar-refractivity contribution in [3.63, 3.8) is 0 Å². The molecule has 2 fully saturated rings. The number of fused-ring (bicyclic) bond motifs is 6. The monoisotopic (exact) mass is 1510 g/mol. The smallest absolute Gasteiger partial charge is 0.260 e. The number of benzene rings is 3. The average Bonchev–Trinajstić information content (AvgIpc) is 1.22. The number of sulfone groups is 1. The lowest BCUT2D eigenvalue weighted by Crippen LogP contribution is -2.33. The van der Waals surface area contributed by atoms with Gasteiger partial charge in [0, 0.05) is 111 Å². The number of amides is 1. The number of ether oxygens (including phenoxy) is 3. The van der Waals surface area contributed by atoms with Crippen molar-refractivity contribution in [2.75, 3.05) is 62.7 Å². The van der Waals surface area contributed by atoms with Gasteiger partial charge >= 0.3 is 0 Å². The average molecular weight is 1510 g/mol. The molecule has 3 aromatic carbocycles. The first-order valence-electron chi connectivity index (χ1n) is 35.9. The molecule has 32 heteroatoms. The summed E-state index contributed by atoms with van der Waals surface area (Å²) in [4.78, 5) is 73.1. The van der Waals surface area contributed by atoms with Crippen molar-refractivity contribution in [3.05, 3.63) is 173 Å². The van der Waals surface area contributed by atoms with Gasteiger partial charge in [0.2, 0.25) is 11.8 Å². The predicted octanol–water partition coefficient (Wildman–Crippen LogP) is 11.4. The number of aromatic hydroxyl groups is 1. The number of aryl methyl sites for hydroxylation is 1. The summed E-state index contributed by atoms with van der Waals surface area (Å²) in [6.45, 7) is 8.55. The minimum atomic E-state index is -3.74. The third kappa shape index (κ3) is 15.2. The van der Waals surface area contributed by atoms with E-state index in [1.165, 1.54) is 38.5 Å². The van der Waals surface area contributed by atoms with Gasteiger partial charge in [0.25, 0.3) is 11.5 Å². The molecule has 1 aliphatic heterocycles. The highest BCUT2D eigenvalue weighted by Gasteiger charge is 2.31. The summed E-state index contributed by atoms with van der Waals surface area (Å²) in [5.74, 6) is 1.53. The van der Waals surface area contributed by atoms with Crippen molar-refractivity contribution < 1.29 is 42.0 Å². The molecule has 1 amide bonds. The Hall–Kier alpha value is -12.6. The number of aromatic nitrogens is 16. The van der Waals surface area contributed by atoms with Gasteiger partial charge in [0.15, 0.2) is 21.1 Å². The fourth-order valence-corrected chi connectivity index (χ4v) is 15.2. The van der Waals surface area contributed by atoms with Crippen molar-refractivity contribution in [2.24, 2.45) is 0 Å². The molecular formula is C78H82FN21O9S. The summed E-state index contributed by atoms with van der Waals surface area (Å²) in [6.07, 6.45) is 18.9. The highest BCUT2D eigenvalue weighted by atomic mass is 32.2. The normalized spacial score (nSPS) is 15.2. The molecule has 12 heterocycles. The van der Waals surface area contributed by atoms with Gasteiger partial charge in [-0.25, -0.2) is 62.0 Å². The second-order valence-corrected chi connectivity index (χ2v) is 29.6. The maximum Gasteiger partial charge on any atom is 0.260 e. The number of hydrogen-bond acceptors (Lipinski definition) is 24. The quantitative estimate of drug-likeness (QED) is 0.0531. The number of pyridine rings is 4. The Labute approximate surface area is 629 Å². The van der Waals surface area contributed by atoms with E-state index in [4.69, 9.17) is 47.4 Å². The number of phenols is 1. The van der Waals surface area contributed by atoms with Gasteiger partial charge in [-0.3, -0.25) is 14.2 Å². The lowest BCUT2D eigenvalue weighted by molar-refractivity contribution is 0.00169. The number of aliphatic hydroxyl groups is 1. The van der Waals surface area contributed by atoms with Crippen LogP contribution in [0.2, 0.25) is 0 Å². The molecule has 566 valence electrons. The highest BCUT2D eigenvalue weighted by Crippen LogP contribution is 2.40. The lowest BCUT2D eigenvalue weighted by Gasteiger charge is -2.30. The van der Waals surface area contributed by atoms with Crippen molar-refractivity contribution in [3.8, 4) is 62.3 Å². The van der Waals surface area contributed by atoms with E-state index in [9.17, 15) is 27.5 Å². The number of rotatable bonds is 13.